The number of aromatic nitrogens is 4. The lowest BCUT2D eigenvalue weighted by molar-refractivity contribution is -0.146. The van der Waals surface area contributed by atoms with E-state index in [1.54, 1.807) is 12.1 Å². The zero-order valence-corrected chi connectivity index (χ0v) is 11.7. The summed E-state index contributed by atoms with van der Waals surface area (Å²) in [4.78, 5) is 0. The number of rotatable bonds is 5. The second kappa shape index (κ2) is 5.88. The highest BCUT2D eigenvalue weighted by atomic mass is 19.4. The fourth-order valence-corrected chi connectivity index (χ4v) is 2.13. The number of fused-ring (bicyclic) bond motifs is 1. The third-order valence-corrected chi connectivity index (χ3v) is 3.14. The fourth-order valence-electron chi connectivity index (χ4n) is 2.13. The number of halogens is 3. The monoisotopic (exact) mass is 327 g/mol. The molecule has 0 amide bonds. The molecule has 0 aliphatic rings. The molecule has 3 heterocycles. The highest BCUT2D eigenvalue weighted by Crippen LogP contribution is 2.28. The molecule has 1 atom stereocenters. The molecule has 0 saturated heterocycles. The van der Waals surface area contributed by atoms with E-state index < -0.39 is 18.0 Å². The summed E-state index contributed by atoms with van der Waals surface area (Å²) in [6.07, 6.45) is -2.88. The molecule has 10 heteroatoms. The van der Waals surface area contributed by atoms with Crippen LogP contribution in [0.25, 0.3) is 5.65 Å². The van der Waals surface area contributed by atoms with E-state index in [1.165, 1.54) is 18.4 Å². The van der Waals surface area contributed by atoms with Crippen molar-refractivity contribution in [3.63, 3.8) is 0 Å². The quantitative estimate of drug-likeness (QED) is 0.747. The molecule has 122 valence electrons. The van der Waals surface area contributed by atoms with Crippen LogP contribution in [0.2, 0.25) is 0 Å². The average molecular weight is 327 g/mol. The topological polar surface area (TPSA) is 88.5 Å². The Balaban J connectivity index is 1.93. The van der Waals surface area contributed by atoms with Crippen LogP contribution in [0.5, 0.6) is 0 Å². The van der Waals surface area contributed by atoms with Gasteiger partial charge in [-0.25, -0.2) is 0 Å². The molecule has 0 bridgehead atoms. The van der Waals surface area contributed by atoms with E-state index in [0.717, 1.165) is 0 Å². The Kier molecular flexibility index (Phi) is 3.90. The number of aliphatic hydroxyl groups excluding tert-OH is 1. The normalized spacial score (nSPS) is 13.4. The van der Waals surface area contributed by atoms with Gasteiger partial charge in [-0.3, -0.25) is 0 Å². The Bertz CT molecular complexity index is 785. The molecule has 0 aliphatic carbocycles. The van der Waals surface area contributed by atoms with Gasteiger partial charge in [0.1, 0.15) is 11.6 Å². The molecule has 0 aromatic carbocycles. The summed E-state index contributed by atoms with van der Waals surface area (Å²) < 4.78 is 44.5. The standard InChI is InChI=1S/C13H12F3N5O2/c14-13(15,16)12-19-18-11-4-3-10(20-21(11)12)17-8(5-6-22)9-2-1-7-23-9/h1-4,7-8,22H,5-6H2,(H,17,20). The molecule has 0 fully saturated rings. The van der Waals surface area contributed by atoms with E-state index in [9.17, 15) is 13.2 Å². The molecular weight excluding hydrogens is 315 g/mol. The van der Waals surface area contributed by atoms with Crippen LogP contribution in [0.1, 0.15) is 24.0 Å². The predicted octanol–water partition coefficient (Wildman–Crippen LogP) is 2.27. The third kappa shape index (κ3) is 3.11. The minimum Gasteiger partial charge on any atom is -0.467 e. The van der Waals surface area contributed by atoms with Crippen molar-refractivity contribution in [1.29, 1.82) is 0 Å². The summed E-state index contributed by atoms with van der Waals surface area (Å²) in [5.41, 5.74) is -0.0143. The number of anilines is 1. The van der Waals surface area contributed by atoms with E-state index in [1.807, 2.05) is 0 Å². The fraction of sp³-hybridized carbons (Fsp3) is 0.308. The molecule has 2 N–H and O–H groups in total. The van der Waals surface area contributed by atoms with E-state index in [-0.39, 0.29) is 18.1 Å². The largest absolute Gasteiger partial charge is 0.467 e. The first-order valence-corrected chi connectivity index (χ1v) is 6.69. The van der Waals surface area contributed by atoms with Gasteiger partial charge in [-0.15, -0.1) is 15.3 Å². The van der Waals surface area contributed by atoms with Gasteiger partial charge in [0, 0.05) is 6.61 Å². The number of nitrogens with zero attached hydrogens (tertiary/aromatic N) is 4. The predicted molar refractivity (Wildman–Crippen MR) is 72.6 cm³/mol. The average Bonchev–Trinajstić information content (AvgIpc) is 3.15. The number of nitrogens with one attached hydrogen (secondary N) is 1. The van der Waals surface area contributed by atoms with E-state index in [2.05, 4.69) is 20.6 Å². The molecule has 0 spiro atoms. The van der Waals surface area contributed by atoms with Gasteiger partial charge in [-0.2, -0.15) is 17.7 Å². The van der Waals surface area contributed by atoms with Crippen LogP contribution in [0, 0.1) is 0 Å². The van der Waals surface area contributed by atoms with Gasteiger partial charge in [-0.05, 0) is 30.7 Å². The zero-order chi connectivity index (χ0) is 16.4. The van der Waals surface area contributed by atoms with Crippen LogP contribution in [0.4, 0.5) is 19.0 Å². The lowest BCUT2D eigenvalue weighted by atomic mass is 10.1. The van der Waals surface area contributed by atoms with E-state index >= 15 is 0 Å². The molecule has 0 radical (unpaired) electrons. The first-order valence-electron chi connectivity index (χ1n) is 6.69. The van der Waals surface area contributed by atoms with Crippen LogP contribution in [0.15, 0.2) is 34.9 Å². The van der Waals surface area contributed by atoms with Crippen molar-refractivity contribution >= 4 is 11.5 Å². The molecular formula is C13H12F3N5O2. The van der Waals surface area contributed by atoms with Gasteiger partial charge in [0.25, 0.3) is 5.82 Å². The number of hydrogen-bond acceptors (Lipinski definition) is 6. The lowest BCUT2D eigenvalue weighted by Gasteiger charge is -2.16. The molecule has 3 rings (SSSR count). The highest BCUT2D eigenvalue weighted by Gasteiger charge is 2.37. The summed E-state index contributed by atoms with van der Waals surface area (Å²) >= 11 is 0. The zero-order valence-electron chi connectivity index (χ0n) is 11.7. The van der Waals surface area contributed by atoms with Crippen molar-refractivity contribution < 1.29 is 22.7 Å². The number of alkyl halides is 3. The van der Waals surface area contributed by atoms with Crippen molar-refractivity contribution in [2.75, 3.05) is 11.9 Å². The van der Waals surface area contributed by atoms with Crippen molar-refractivity contribution in [2.24, 2.45) is 0 Å². The summed E-state index contributed by atoms with van der Waals surface area (Å²) in [5, 5.41) is 22.5. The third-order valence-electron chi connectivity index (χ3n) is 3.14. The smallest absolute Gasteiger partial charge is 0.453 e. The summed E-state index contributed by atoms with van der Waals surface area (Å²) in [6.45, 7) is -0.124. The van der Waals surface area contributed by atoms with Crippen molar-refractivity contribution in [3.8, 4) is 0 Å². The van der Waals surface area contributed by atoms with Crippen LogP contribution >= 0.6 is 0 Å². The Labute approximate surface area is 127 Å². The van der Waals surface area contributed by atoms with Crippen molar-refractivity contribution in [1.82, 2.24) is 19.8 Å². The van der Waals surface area contributed by atoms with Crippen molar-refractivity contribution in [3.05, 3.63) is 42.1 Å². The van der Waals surface area contributed by atoms with E-state index in [4.69, 9.17) is 9.52 Å². The van der Waals surface area contributed by atoms with Gasteiger partial charge in [-0.1, -0.05) is 0 Å². The maximum absolute atomic E-state index is 12.9. The summed E-state index contributed by atoms with van der Waals surface area (Å²) in [7, 11) is 0. The number of hydrogen-bond donors (Lipinski definition) is 2. The molecule has 3 aromatic heterocycles. The molecule has 7 nitrogen and oxygen atoms in total. The van der Waals surface area contributed by atoms with Gasteiger partial charge < -0.3 is 14.8 Å². The maximum atomic E-state index is 12.9. The Morgan fingerprint density at radius 2 is 2.09 bits per heavy atom. The molecule has 3 aromatic rings. The van der Waals surface area contributed by atoms with E-state index in [0.29, 0.717) is 16.7 Å². The Morgan fingerprint density at radius 1 is 1.26 bits per heavy atom. The molecule has 0 saturated carbocycles. The Morgan fingerprint density at radius 3 is 2.74 bits per heavy atom. The molecule has 0 aliphatic heterocycles. The van der Waals surface area contributed by atoms with Crippen LogP contribution in [-0.2, 0) is 6.18 Å². The lowest BCUT2D eigenvalue weighted by Crippen LogP contribution is -2.16. The first-order chi connectivity index (χ1) is 11.0. The minimum atomic E-state index is -4.66. The van der Waals surface area contributed by atoms with Crippen LogP contribution in [-0.4, -0.2) is 31.5 Å². The van der Waals surface area contributed by atoms with Gasteiger partial charge >= 0.3 is 6.18 Å². The van der Waals surface area contributed by atoms with Crippen LogP contribution in [0.3, 0.4) is 0 Å². The summed E-state index contributed by atoms with van der Waals surface area (Å²) in [5.74, 6) is -0.480. The van der Waals surface area contributed by atoms with Gasteiger partial charge in [0.15, 0.2) is 5.65 Å². The highest BCUT2D eigenvalue weighted by molar-refractivity contribution is 5.45. The van der Waals surface area contributed by atoms with Crippen LogP contribution < -0.4 is 5.32 Å². The second-order valence-electron chi connectivity index (χ2n) is 4.73. The van der Waals surface area contributed by atoms with Gasteiger partial charge in [0.05, 0.1) is 12.3 Å². The SMILES string of the molecule is OCCC(Nc1ccc2nnc(C(F)(F)F)n2n1)c1ccco1. The first kappa shape index (κ1) is 15.3. The summed E-state index contributed by atoms with van der Waals surface area (Å²) in [6, 6.07) is 5.81. The maximum Gasteiger partial charge on any atom is 0.453 e. The minimum absolute atomic E-state index is 0.0143. The van der Waals surface area contributed by atoms with Gasteiger partial charge in [0.2, 0.25) is 0 Å². The second-order valence-corrected chi connectivity index (χ2v) is 4.73. The number of aliphatic hydroxyl groups is 1. The van der Waals surface area contributed by atoms with Crippen molar-refractivity contribution in [2.45, 2.75) is 18.6 Å². The number of furan rings is 1. The molecule has 23 heavy (non-hydrogen) atoms. The molecule has 1 unspecified atom stereocenters. The Hall–Kier alpha value is -2.62.